The highest BCUT2D eigenvalue weighted by molar-refractivity contribution is 7.17. The fraction of sp³-hybridized carbons (Fsp3) is 0.0870. The summed E-state index contributed by atoms with van der Waals surface area (Å²) < 4.78 is 5.81. The molecule has 31 heavy (non-hydrogen) atoms. The van der Waals surface area contributed by atoms with E-state index in [0.29, 0.717) is 27.1 Å². The van der Waals surface area contributed by atoms with E-state index in [0.717, 1.165) is 21.4 Å². The topological polar surface area (TPSA) is 98.2 Å². The van der Waals surface area contributed by atoms with Gasteiger partial charge in [0.15, 0.2) is 11.4 Å². The summed E-state index contributed by atoms with van der Waals surface area (Å²) in [6.07, 6.45) is 4.66. The van der Waals surface area contributed by atoms with Gasteiger partial charge in [-0.15, -0.1) is 11.3 Å². The Kier molecular flexibility index (Phi) is 5.88. The smallest absolute Gasteiger partial charge is 0.244 e. The molecule has 8 heteroatoms. The number of hydrogen-bond acceptors (Lipinski definition) is 6. The van der Waals surface area contributed by atoms with E-state index in [1.165, 1.54) is 17.4 Å². The van der Waals surface area contributed by atoms with Gasteiger partial charge >= 0.3 is 0 Å². The average Bonchev–Trinajstić information content (AvgIpc) is 3.39. The SMILES string of the molecule is CC(=O)c1ccc(-c2cc(Cl)c3oc(CNC(=O)/C=C/c4ccc(N)nc4)cc3c2)s1. The van der Waals surface area contributed by atoms with Gasteiger partial charge in [-0.05, 0) is 66.6 Å². The van der Waals surface area contributed by atoms with Gasteiger partial charge in [-0.3, -0.25) is 9.59 Å². The molecule has 4 aromatic rings. The van der Waals surface area contributed by atoms with Crippen molar-refractivity contribution in [1.82, 2.24) is 10.3 Å². The molecular weight excluding hydrogens is 434 g/mol. The van der Waals surface area contributed by atoms with E-state index < -0.39 is 0 Å². The maximum atomic E-state index is 12.1. The van der Waals surface area contributed by atoms with Crippen molar-refractivity contribution in [3.05, 3.63) is 76.0 Å². The molecule has 0 unspecified atom stereocenters. The number of furan rings is 1. The van der Waals surface area contributed by atoms with Crippen LogP contribution in [0.3, 0.4) is 0 Å². The number of anilines is 1. The lowest BCUT2D eigenvalue weighted by molar-refractivity contribution is -0.116. The Hall–Kier alpha value is -3.42. The molecule has 0 saturated heterocycles. The van der Waals surface area contributed by atoms with Crippen molar-refractivity contribution < 1.29 is 14.0 Å². The number of nitrogens with two attached hydrogens (primary N) is 1. The maximum Gasteiger partial charge on any atom is 0.244 e. The summed E-state index contributed by atoms with van der Waals surface area (Å²) in [4.78, 5) is 29.3. The van der Waals surface area contributed by atoms with Gasteiger partial charge in [-0.1, -0.05) is 11.6 Å². The van der Waals surface area contributed by atoms with Crippen LogP contribution in [0.15, 0.2) is 59.2 Å². The van der Waals surface area contributed by atoms with Crippen LogP contribution >= 0.6 is 22.9 Å². The third-order valence-electron chi connectivity index (χ3n) is 4.53. The second-order valence-electron chi connectivity index (χ2n) is 6.88. The molecular formula is C23H18ClN3O3S. The number of carbonyl (C=O) groups is 2. The number of nitrogens with zero attached hydrogens (tertiary/aromatic N) is 1. The second kappa shape index (κ2) is 8.75. The molecule has 0 spiro atoms. The number of Topliss-reactive ketones (excluding diaryl/α,β-unsaturated/α-hetero) is 1. The number of rotatable bonds is 6. The van der Waals surface area contributed by atoms with Crippen molar-refractivity contribution in [2.75, 3.05) is 5.73 Å². The minimum absolute atomic E-state index is 0.0338. The molecule has 0 bridgehead atoms. The zero-order valence-electron chi connectivity index (χ0n) is 16.5. The molecule has 0 aliphatic rings. The lowest BCUT2D eigenvalue weighted by atomic mass is 10.1. The second-order valence-corrected chi connectivity index (χ2v) is 8.37. The molecule has 1 amide bonds. The van der Waals surface area contributed by atoms with E-state index in [4.69, 9.17) is 21.8 Å². The number of ketones is 1. The van der Waals surface area contributed by atoms with Gasteiger partial charge in [0.1, 0.15) is 11.6 Å². The van der Waals surface area contributed by atoms with Crippen molar-refractivity contribution in [1.29, 1.82) is 0 Å². The number of thiophene rings is 1. The molecule has 0 aliphatic heterocycles. The van der Waals surface area contributed by atoms with Crippen LogP contribution in [-0.4, -0.2) is 16.7 Å². The summed E-state index contributed by atoms with van der Waals surface area (Å²) >= 11 is 7.84. The molecule has 0 atom stereocenters. The van der Waals surface area contributed by atoms with Crippen LogP contribution in [0.1, 0.15) is 27.9 Å². The van der Waals surface area contributed by atoms with Crippen molar-refractivity contribution in [3.8, 4) is 10.4 Å². The molecule has 4 rings (SSSR count). The predicted octanol–water partition coefficient (Wildman–Crippen LogP) is 5.32. The predicted molar refractivity (Wildman–Crippen MR) is 124 cm³/mol. The van der Waals surface area contributed by atoms with Gasteiger partial charge in [0.25, 0.3) is 0 Å². The first-order valence-corrected chi connectivity index (χ1v) is 10.6. The van der Waals surface area contributed by atoms with Crippen LogP contribution in [0.25, 0.3) is 27.5 Å². The van der Waals surface area contributed by atoms with Crippen LogP contribution < -0.4 is 11.1 Å². The first kappa shape index (κ1) is 20.8. The van der Waals surface area contributed by atoms with Gasteiger partial charge in [-0.2, -0.15) is 0 Å². The molecule has 1 aromatic carbocycles. The molecule has 0 fully saturated rings. The van der Waals surface area contributed by atoms with Gasteiger partial charge in [0.05, 0.1) is 16.4 Å². The molecule has 0 saturated carbocycles. The van der Waals surface area contributed by atoms with Gasteiger partial charge in [0.2, 0.25) is 5.91 Å². The van der Waals surface area contributed by atoms with Crippen LogP contribution in [0.5, 0.6) is 0 Å². The lowest BCUT2D eigenvalue weighted by Gasteiger charge is -2.00. The fourth-order valence-corrected chi connectivity index (χ4v) is 4.15. The Labute approximate surface area is 187 Å². The summed E-state index contributed by atoms with van der Waals surface area (Å²) in [5, 5.41) is 4.08. The van der Waals surface area contributed by atoms with Gasteiger partial charge in [-0.25, -0.2) is 4.98 Å². The Bertz CT molecular complexity index is 1310. The number of fused-ring (bicyclic) bond motifs is 1. The highest BCUT2D eigenvalue weighted by Crippen LogP contribution is 2.35. The number of nitrogen functional groups attached to an aromatic ring is 1. The fourth-order valence-electron chi connectivity index (χ4n) is 3.00. The molecule has 3 N–H and O–H groups in total. The van der Waals surface area contributed by atoms with E-state index in [-0.39, 0.29) is 18.2 Å². The Morgan fingerprint density at radius 1 is 1.23 bits per heavy atom. The molecule has 3 aromatic heterocycles. The number of pyridine rings is 1. The molecule has 6 nitrogen and oxygen atoms in total. The molecule has 3 heterocycles. The summed E-state index contributed by atoms with van der Waals surface area (Å²) in [6.45, 7) is 1.77. The number of amides is 1. The number of halogens is 1. The van der Waals surface area contributed by atoms with Crippen LogP contribution in [0.4, 0.5) is 5.82 Å². The summed E-state index contributed by atoms with van der Waals surface area (Å²) in [5.74, 6) is 0.776. The van der Waals surface area contributed by atoms with Crippen molar-refractivity contribution in [2.24, 2.45) is 0 Å². The molecule has 0 aliphatic carbocycles. The molecule has 0 radical (unpaired) electrons. The van der Waals surface area contributed by atoms with E-state index >= 15 is 0 Å². The summed E-state index contributed by atoms with van der Waals surface area (Å²) in [5.41, 5.74) is 7.78. The highest BCUT2D eigenvalue weighted by atomic mass is 35.5. The van der Waals surface area contributed by atoms with Crippen LogP contribution in [-0.2, 0) is 11.3 Å². The van der Waals surface area contributed by atoms with Crippen molar-refractivity contribution in [3.63, 3.8) is 0 Å². The largest absolute Gasteiger partial charge is 0.458 e. The summed E-state index contributed by atoms with van der Waals surface area (Å²) in [6, 6.07) is 12.8. The van der Waals surface area contributed by atoms with Crippen molar-refractivity contribution in [2.45, 2.75) is 13.5 Å². The average molecular weight is 452 g/mol. The minimum Gasteiger partial charge on any atom is -0.458 e. The zero-order chi connectivity index (χ0) is 22.0. The first-order valence-electron chi connectivity index (χ1n) is 9.39. The van der Waals surface area contributed by atoms with Crippen LogP contribution in [0.2, 0.25) is 5.02 Å². The van der Waals surface area contributed by atoms with Crippen molar-refractivity contribution >= 4 is 57.5 Å². The first-order chi connectivity index (χ1) is 14.9. The quantitative estimate of drug-likeness (QED) is 0.305. The van der Waals surface area contributed by atoms with E-state index in [1.807, 2.05) is 30.3 Å². The zero-order valence-corrected chi connectivity index (χ0v) is 18.1. The lowest BCUT2D eigenvalue weighted by Crippen LogP contribution is -2.19. The third-order valence-corrected chi connectivity index (χ3v) is 6.05. The number of hydrogen-bond donors (Lipinski definition) is 2. The van der Waals surface area contributed by atoms with E-state index in [1.54, 1.807) is 31.3 Å². The Morgan fingerprint density at radius 2 is 2.06 bits per heavy atom. The molecule has 156 valence electrons. The van der Waals surface area contributed by atoms with Gasteiger partial charge < -0.3 is 15.5 Å². The number of nitrogens with one attached hydrogen (secondary N) is 1. The van der Waals surface area contributed by atoms with E-state index in [2.05, 4.69) is 10.3 Å². The van der Waals surface area contributed by atoms with Crippen LogP contribution in [0, 0.1) is 0 Å². The Morgan fingerprint density at radius 3 is 2.77 bits per heavy atom. The normalized spacial score (nSPS) is 11.3. The van der Waals surface area contributed by atoms with E-state index in [9.17, 15) is 9.59 Å². The number of carbonyl (C=O) groups excluding carboxylic acids is 2. The van der Waals surface area contributed by atoms with Gasteiger partial charge in [0, 0.05) is 22.5 Å². The third kappa shape index (κ3) is 4.84. The standard InChI is InChI=1S/C23H18ClN3O3S/c1-13(28)19-4-5-20(31-19)15-8-16-9-17(30-23(16)18(24)10-15)12-27-22(29)7-3-14-2-6-21(25)26-11-14/h2-11H,12H2,1H3,(H2,25,26)(H,27,29)/b7-3+. The number of benzene rings is 1. The monoisotopic (exact) mass is 451 g/mol. The number of aromatic nitrogens is 1. The summed E-state index contributed by atoms with van der Waals surface area (Å²) in [7, 11) is 0. The highest BCUT2D eigenvalue weighted by Gasteiger charge is 2.13. The Balaban J connectivity index is 1.47. The minimum atomic E-state index is -0.264. The maximum absolute atomic E-state index is 12.1.